The van der Waals surface area contributed by atoms with E-state index in [0.717, 1.165) is 12.8 Å². The molecule has 0 radical (unpaired) electrons. The minimum absolute atomic E-state index is 0.171. The van der Waals surface area contributed by atoms with Crippen molar-refractivity contribution in [3.05, 3.63) is 35.1 Å². The van der Waals surface area contributed by atoms with Gasteiger partial charge in [-0.05, 0) is 43.5 Å². The van der Waals surface area contributed by atoms with Crippen molar-refractivity contribution in [2.24, 2.45) is 11.8 Å². The van der Waals surface area contributed by atoms with Crippen LogP contribution in [-0.2, 0) is 4.79 Å². The van der Waals surface area contributed by atoms with Crippen LogP contribution in [0.2, 0.25) is 0 Å². The Kier molecular flexibility index (Phi) is 3.98. The van der Waals surface area contributed by atoms with E-state index in [1.54, 1.807) is 6.92 Å². The van der Waals surface area contributed by atoms with Gasteiger partial charge in [-0.3, -0.25) is 9.59 Å². The molecule has 2 rings (SSSR count). The smallest absolute Gasteiger partial charge is 0.307 e. The van der Waals surface area contributed by atoms with Crippen LogP contribution >= 0.6 is 0 Å². The molecule has 1 aliphatic rings. The monoisotopic (exact) mass is 264 g/mol. The Labute approximate surface area is 111 Å². The predicted molar refractivity (Wildman–Crippen MR) is 68.6 cm³/mol. The summed E-state index contributed by atoms with van der Waals surface area (Å²) in [7, 11) is 0. The van der Waals surface area contributed by atoms with E-state index < -0.39 is 17.8 Å². The zero-order chi connectivity index (χ0) is 14.0. The summed E-state index contributed by atoms with van der Waals surface area (Å²) in [5.41, 5.74) is 0.825. The molecule has 3 nitrogen and oxygen atoms in total. The molecule has 4 heteroatoms. The number of hydrogen-bond donors (Lipinski definition) is 1. The Morgan fingerprint density at radius 1 is 1.21 bits per heavy atom. The average molecular weight is 264 g/mol. The van der Waals surface area contributed by atoms with E-state index >= 15 is 0 Å². The normalized spacial score (nSPS) is 23.1. The van der Waals surface area contributed by atoms with Gasteiger partial charge < -0.3 is 5.11 Å². The highest BCUT2D eigenvalue weighted by Crippen LogP contribution is 2.33. The minimum atomic E-state index is -0.906. The van der Waals surface area contributed by atoms with Crippen molar-refractivity contribution >= 4 is 11.8 Å². The highest BCUT2D eigenvalue weighted by molar-refractivity contribution is 6.00. The number of rotatable bonds is 3. The third kappa shape index (κ3) is 2.83. The molecule has 102 valence electrons. The van der Waals surface area contributed by atoms with Crippen LogP contribution in [0.1, 0.15) is 41.6 Å². The Hall–Kier alpha value is -1.71. The molecule has 0 heterocycles. The summed E-state index contributed by atoms with van der Waals surface area (Å²) >= 11 is 0. The number of Topliss-reactive ketones (excluding diaryl/α,β-unsaturated/α-hetero) is 1. The largest absolute Gasteiger partial charge is 0.481 e. The first-order valence-electron chi connectivity index (χ1n) is 6.54. The van der Waals surface area contributed by atoms with Gasteiger partial charge in [-0.15, -0.1) is 0 Å². The molecule has 0 unspecified atom stereocenters. The molecule has 0 saturated heterocycles. The average Bonchev–Trinajstić information content (AvgIpc) is 2.41. The number of benzene rings is 1. The quantitative estimate of drug-likeness (QED) is 0.853. The van der Waals surface area contributed by atoms with Crippen LogP contribution in [0.5, 0.6) is 0 Å². The van der Waals surface area contributed by atoms with Crippen molar-refractivity contribution in [1.29, 1.82) is 0 Å². The summed E-state index contributed by atoms with van der Waals surface area (Å²) in [6.07, 6.45) is 2.88. The lowest BCUT2D eigenvalue weighted by Gasteiger charge is -2.27. The summed E-state index contributed by atoms with van der Waals surface area (Å²) in [5.74, 6) is -2.51. The maximum Gasteiger partial charge on any atom is 0.307 e. The molecule has 1 aliphatic carbocycles. The number of halogens is 1. The number of carboxylic acids is 1. The van der Waals surface area contributed by atoms with Gasteiger partial charge in [-0.2, -0.15) is 0 Å². The summed E-state index contributed by atoms with van der Waals surface area (Å²) in [5, 5.41) is 9.19. The fraction of sp³-hybridized carbons (Fsp3) is 0.467. The van der Waals surface area contributed by atoms with Crippen LogP contribution in [0.3, 0.4) is 0 Å². The third-order valence-electron chi connectivity index (χ3n) is 3.86. The lowest BCUT2D eigenvalue weighted by Crippen LogP contribution is -2.32. The lowest BCUT2D eigenvalue weighted by atomic mass is 9.75. The number of carbonyl (C=O) groups excluding carboxylic acids is 1. The van der Waals surface area contributed by atoms with E-state index in [9.17, 15) is 19.1 Å². The first-order valence-corrected chi connectivity index (χ1v) is 6.54. The van der Waals surface area contributed by atoms with E-state index in [-0.39, 0.29) is 11.6 Å². The predicted octanol–water partition coefficient (Wildman–Crippen LogP) is 3.21. The summed E-state index contributed by atoms with van der Waals surface area (Å²) in [6.45, 7) is 1.60. The van der Waals surface area contributed by atoms with E-state index in [2.05, 4.69) is 0 Å². The minimum Gasteiger partial charge on any atom is -0.481 e. The Morgan fingerprint density at radius 2 is 1.84 bits per heavy atom. The van der Waals surface area contributed by atoms with Gasteiger partial charge in [0.2, 0.25) is 0 Å². The van der Waals surface area contributed by atoms with Crippen LogP contribution in [0.4, 0.5) is 4.39 Å². The van der Waals surface area contributed by atoms with Crippen LogP contribution < -0.4 is 0 Å². The maximum absolute atomic E-state index is 13.2. The van der Waals surface area contributed by atoms with E-state index in [1.165, 1.54) is 18.2 Å². The van der Waals surface area contributed by atoms with Crippen molar-refractivity contribution in [3.8, 4) is 0 Å². The number of ketones is 1. The molecule has 1 aromatic rings. The van der Waals surface area contributed by atoms with Crippen LogP contribution in [-0.4, -0.2) is 16.9 Å². The molecule has 1 saturated carbocycles. The zero-order valence-corrected chi connectivity index (χ0v) is 10.9. The fourth-order valence-electron chi connectivity index (χ4n) is 2.75. The molecule has 0 aliphatic heterocycles. The van der Waals surface area contributed by atoms with E-state index in [1.807, 2.05) is 0 Å². The van der Waals surface area contributed by atoms with Crippen LogP contribution in [0.15, 0.2) is 18.2 Å². The van der Waals surface area contributed by atoms with Gasteiger partial charge >= 0.3 is 5.97 Å². The molecule has 0 amide bonds. The lowest BCUT2D eigenvalue weighted by molar-refractivity contribution is -0.144. The standard InChI is InChI=1S/C15H17FO3/c1-9-8-10(6-7-13(9)16)14(17)11-4-2-3-5-12(11)15(18)19/h6-8,11-12H,2-5H2,1H3,(H,18,19)/t11-,12-/m1/s1. The molecule has 0 bridgehead atoms. The van der Waals surface area contributed by atoms with Crippen molar-refractivity contribution in [2.45, 2.75) is 32.6 Å². The molecule has 2 atom stereocenters. The first-order chi connectivity index (χ1) is 9.00. The molecule has 0 aromatic heterocycles. The summed E-state index contributed by atoms with van der Waals surface area (Å²) < 4.78 is 13.2. The number of aryl methyl sites for hydroxylation is 1. The number of aliphatic carboxylic acids is 1. The second kappa shape index (κ2) is 5.51. The second-order valence-corrected chi connectivity index (χ2v) is 5.16. The van der Waals surface area contributed by atoms with Crippen LogP contribution in [0, 0.1) is 24.6 Å². The maximum atomic E-state index is 13.2. The highest BCUT2D eigenvalue weighted by atomic mass is 19.1. The van der Waals surface area contributed by atoms with Crippen molar-refractivity contribution < 1.29 is 19.1 Å². The van der Waals surface area contributed by atoms with E-state index in [4.69, 9.17) is 0 Å². The molecule has 1 aromatic carbocycles. The molecule has 1 N–H and O–H groups in total. The van der Waals surface area contributed by atoms with Gasteiger partial charge in [-0.25, -0.2) is 4.39 Å². The molecule has 19 heavy (non-hydrogen) atoms. The van der Waals surface area contributed by atoms with Crippen LogP contribution in [0.25, 0.3) is 0 Å². The SMILES string of the molecule is Cc1cc(C(=O)[C@@H]2CCCC[C@H]2C(=O)O)ccc1F. The summed E-state index contributed by atoms with van der Waals surface area (Å²) in [6, 6.07) is 4.21. The van der Waals surface area contributed by atoms with Gasteiger partial charge in [0.25, 0.3) is 0 Å². The Bertz CT molecular complexity index is 510. The zero-order valence-electron chi connectivity index (χ0n) is 10.9. The Balaban J connectivity index is 2.26. The first kappa shape index (κ1) is 13.7. The van der Waals surface area contributed by atoms with Crippen molar-refractivity contribution in [2.75, 3.05) is 0 Å². The van der Waals surface area contributed by atoms with Gasteiger partial charge in [0.15, 0.2) is 5.78 Å². The third-order valence-corrected chi connectivity index (χ3v) is 3.86. The molecular formula is C15H17FO3. The molecule has 0 spiro atoms. The summed E-state index contributed by atoms with van der Waals surface area (Å²) in [4.78, 5) is 23.6. The van der Waals surface area contributed by atoms with Gasteiger partial charge in [-0.1, -0.05) is 12.8 Å². The van der Waals surface area contributed by atoms with Crippen molar-refractivity contribution in [1.82, 2.24) is 0 Å². The van der Waals surface area contributed by atoms with E-state index in [0.29, 0.717) is 24.0 Å². The Morgan fingerprint density at radius 3 is 2.42 bits per heavy atom. The fourth-order valence-corrected chi connectivity index (χ4v) is 2.75. The van der Waals surface area contributed by atoms with Gasteiger partial charge in [0.05, 0.1) is 5.92 Å². The van der Waals surface area contributed by atoms with Gasteiger partial charge in [0, 0.05) is 11.5 Å². The topological polar surface area (TPSA) is 54.4 Å². The highest BCUT2D eigenvalue weighted by Gasteiger charge is 2.36. The molecule has 1 fully saturated rings. The van der Waals surface area contributed by atoms with Gasteiger partial charge in [0.1, 0.15) is 5.82 Å². The molecular weight excluding hydrogens is 247 g/mol. The number of hydrogen-bond acceptors (Lipinski definition) is 2. The second-order valence-electron chi connectivity index (χ2n) is 5.16. The number of carbonyl (C=O) groups is 2. The van der Waals surface area contributed by atoms with Crippen molar-refractivity contribution in [3.63, 3.8) is 0 Å². The number of carboxylic acid groups (broad SMARTS) is 1.